The van der Waals surface area contributed by atoms with E-state index in [1.165, 1.54) is 4.68 Å². The molecule has 45 heavy (non-hydrogen) atoms. The SMILES string of the molecule is C=CCc1cc(C=Nn2c(-c3cc(C(C)C)c(OC)cc3C)nc3ccccc3c2=O)cc(OC)c1OCc1ccccc1Cl. The molecular weight excluding hydrogens is 586 g/mol. The summed E-state index contributed by atoms with van der Waals surface area (Å²) in [7, 11) is 3.25. The van der Waals surface area contributed by atoms with Crippen LogP contribution in [-0.4, -0.2) is 30.1 Å². The van der Waals surface area contributed by atoms with Crippen molar-refractivity contribution < 1.29 is 14.2 Å². The summed E-state index contributed by atoms with van der Waals surface area (Å²) in [4.78, 5) is 18.8. The summed E-state index contributed by atoms with van der Waals surface area (Å²) in [6.07, 6.45) is 3.96. The fourth-order valence-electron chi connectivity index (χ4n) is 5.24. The standard InChI is InChI=1S/C37H36ClN3O4/c1-7-12-26-18-25(19-34(44-6)35(26)45-22-27-13-8-10-15-31(27)38)21-39-41-36(40-32-16-11-9-14-28(32)37(41)42)30-20-29(23(2)3)33(43-5)17-24(30)4/h7-11,13-21,23H,1,12,22H2,2-6H3. The zero-order valence-corrected chi connectivity index (χ0v) is 26.9. The van der Waals surface area contributed by atoms with Crippen molar-refractivity contribution in [3.8, 4) is 28.6 Å². The van der Waals surface area contributed by atoms with Crippen LogP contribution in [0, 0.1) is 6.92 Å². The Bertz CT molecular complexity index is 1960. The maximum absolute atomic E-state index is 13.9. The molecule has 0 spiro atoms. The van der Waals surface area contributed by atoms with Gasteiger partial charge in [-0.2, -0.15) is 9.78 Å². The quantitative estimate of drug-likeness (QED) is 0.109. The van der Waals surface area contributed by atoms with Crippen LogP contribution in [-0.2, 0) is 13.0 Å². The number of benzene rings is 4. The molecule has 0 atom stereocenters. The predicted octanol–water partition coefficient (Wildman–Crippen LogP) is 8.36. The van der Waals surface area contributed by atoms with Crippen molar-refractivity contribution in [3.63, 3.8) is 0 Å². The van der Waals surface area contributed by atoms with Crippen LogP contribution >= 0.6 is 11.6 Å². The number of hydrogen-bond donors (Lipinski definition) is 0. The molecule has 4 aromatic carbocycles. The number of fused-ring (bicyclic) bond motifs is 1. The molecule has 0 N–H and O–H groups in total. The van der Waals surface area contributed by atoms with E-state index in [1.807, 2.05) is 73.7 Å². The summed E-state index contributed by atoms with van der Waals surface area (Å²) in [5.74, 6) is 2.55. The molecule has 230 valence electrons. The van der Waals surface area contributed by atoms with Gasteiger partial charge < -0.3 is 14.2 Å². The second kappa shape index (κ2) is 13.8. The first kappa shape index (κ1) is 31.5. The zero-order chi connectivity index (χ0) is 32.1. The number of aryl methyl sites for hydroxylation is 1. The van der Waals surface area contributed by atoms with Gasteiger partial charge in [-0.3, -0.25) is 4.79 Å². The summed E-state index contributed by atoms with van der Waals surface area (Å²) in [6, 6.07) is 22.6. The Labute approximate surface area is 268 Å². The van der Waals surface area contributed by atoms with Crippen LogP contribution in [0.4, 0.5) is 0 Å². The molecule has 0 bridgehead atoms. The number of allylic oxidation sites excluding steroid dienone is 1. The number of aromatic nitrogens is 2. The third-order valence-corrected chi connectivity index (χ3v) is 7.95. The highest BCUT2D eigenvalue weighted by Gasteiger charge is 2.19. The highest BCUT2D eigenvalue weighted by molar-refractivity contribution is 6.31. The Morgan fingerprint density at radius 1 is 0.978 bits per heavy atom. The summed E-state index contributed by atoms with van der Waals surface area (Å²) in [5, 5.41) is 5.82. The molecule has 7 nitrogen and oxygen atoms in total. The number of nitrogens with zero attached hydrogens (tertiary/aromatic N) is 3. The third-order valence-electron chi connectivity index (χ3n) is 7.58. The molecule has 5 aromatic rings. The minimum Gasteiger partial charge on any atom is -0.496 e. The van der Waals surface area contributed by atoms with Crippen molar-refractivity contribution in [1.82, 2.24) is 9.66 Å². The minimum absolute atomic E-state index is 0.192. The lowest BCUT2D eigenvalue weighted by molar-refractivity contribution is 0.282. The van der Waals surface area contributed by atoms with Crippen LogP contribution in [0.1, 0.15) is 47.6 Å². The molecule has 0 aliphatic heterocycles. The first-order valence-corrected chi connectivity index (χ1v) is 15.1. The molecule has 0 fully saturated rings. The van der Waals surface area contributed by atoms with Crippen molar-refractivity contribution in [2.24, 2.45) is 5.10 Å². The van der Waals surface area contributed by atoms with E-state index >= 15 is 0 Å². The van der Waals surface area contributed by atoms with Gasteiger partial charge in [0.25, 0.3) is 5.56 Å². The first-order chi connectivity index (χ1) is 21.7. The van der Waals surface area contributed by atoms with Crippen LogP contribution < -0.4 is 19.8 Å². The number of hydrogen-bond acceptors (Lipinski definition) is 6. The van der Waals surface area contributed by atoms with Gasteiger partial charge in [0.2, 0.25) is 0 Å². The topological polar surface area (TPSA) is 74.9 Å². The van der Waals surface area contributed by atoms with E-state index in [2.05, 4.69) is 20.4 Å². The molecule has 0 unspecified atom stereocenters. The number of rotatable bonds is 11. The van der Waals surface area contributed by atoms with E-state index in [1.54, 1.807) is 32.6 Å². The number of methoxy groups -OCH3 is 2. The summed E-state index contributed by atoms with van der Waals surface area (Å²) >= 11 is 6.36. The van der Waals surface area contributed by atoms with E-state index in [9.17, 15) is 4.79 Å². The van der Waals surface area contributed by atoms with Crippen molar-refractivity contribution in [2.75, 3.05) is 14.2 Å². The van der Waals surface area contributed by atoms with Gasteiger partial charge >= 0.3 is 0 Å². The fourth-order valence-corrected chi connectivity index (χ4v) is 5.43. The normalized spacial score (nSPS) is 11.4. The molecule has 1 aromatic heterocycles. The monoisotopic (exact) mass is 621 g/mol. The maximum Gasteiger partial charge on any atom is 0.282 e. The lowest BCUT2D eigenvalue weighted by Gasteiger charge is -2.18. The fraction of sp³-hybridized carbons (Fsp3) is 0.216. The number of para-hydroxylation sites is 1. The molecule has 5 rings (SSSR count). The highest BCUT2D eigenvalue weighted by atomic mass is 35.5. The molecule has 0 radical (unpaired) electrons. The van der Waals surface area contributed by atoms with Crippen molar-refractivity contribution in [2.45, 2.75) is 39.7 Å². The van der Waals surface area contributed by atoms with Gasteiger partial charge in [-0.05, 0) is 78.4 Å². The van der Waals surface area contributed by atoms with Crippen LogP contribution in [0.5, 0.6) is 17.2 Å². The Morgan fingerprint density at radius 2 is 1.71 bits per heavy atom. The van der Waals surface area contributed by atoms with E-state index in [0.717, 1.165) is 33.6 Å². The Kier molecular flexibility index (Phi) is 9.69. The van der Waals surface area contributed by atoms with Gasteiger partial charge in [-0.15, -0.1) is 6.58 Å². The second-order valence-electron chi connectivity index (χ2n) is 11.0. The molecule has 0 amide bonds. The van der Waals surface area contributed by atoms with Gasteiger partial charge in [0.05, 0.1) is 31.3 Å². The van der Waals surface area contributed by atoms with Gasteiger partial charge in [0, 0.05) is 21.7 Å². The van der Waals surface area contributed by atoms with Crippen molar-refractivity contribution in [1.29, 1.82) is 0 Å². The second-order valence-corrected chi connectivity index (χ2v) is 11.4. The summed E-state index contributed by atoms with van der Waals surface area (Å²) in [6.45, 7) is 10.4. The molecule has 8 heteroatoms. The largest absolute Gasteiger partial charge is 0.496 e. The van der Waals surface area contributed by atoms with Gasteiger partial charge in [-0.1, -0.05) is 61.9 Å². The number of ether oxygens (including phenoxy) is 3. The molecule has 0 aliphatic rings. The number of halogens is 1. The van der Waals surface area contributed by atoms with Gasteiger partial charge in [0.15, 0.2) is 17.3 Å². The van der Waals surface area contributed by atoms with E-state index in [0.29, 0.717) is 45.2 Å². The van der Waals surface area contributed by atoms with E-state index < -0.39 is 0 Å². The smallest absolute Gasteiger partial charge is 0.282 e. The van der Waals surface area contributed by atoms with Crippen molar-refractivity contribution in [3.05, 3.63) is 129 Å². The lowest BCUT2D eigenvalue weighted by atomic mass is 9.96. The Balaban J connectivity index is 1.63. The van der Waals surface area contributed by atoms with E-state index in [4.69, 9.17) is 35.9 Å². The average molecular weight is 622 g/mol. The Morgan fingerprint density at radius 3 is 2.42 bits per heavy atom. The predicted molar refractivity (Wildman–Crippen MR) is 182 cm³/mol. The molecule has 0 saturated heterocycles. The average Bonchev–Trinajstić information content (AvgIpc) is 3.04. The maximum atomic E-state index is 13.9. The Hall–Kier alpha value is -4.88. The highest BCUT2D eigenvalue weighted by Crippen LogP contribution is 2.36. The summed E-state index contributed by atoms with van der Waals surface area (Å²) in [5.41, 5.74) is 5.49. The molecular formula is C37H36ClN3O4. The van der Waals surface area contributed by atoms with Crippen molar-refractivity contribution >= 4 is 28.7 Å². The first-order valence-electron chi connectivity index (χ1n) is 14.7. The van der Waals surface area contributed by atoms with Crippen LogP contribution in [0.2, 0.25) is 5.02 Å². The van der Waals surface area contributed by atoms with Gasteiger partial charge in [0.1, 0.15) is 12.4 Å². The minimum atomic E-state index is -0.272. The lowest BCUT2D eigenvalue weighted by Crippen LogP contribution is -2.21. The van der Waals surface area contributed by atoms with Crippen LogP contribution in [0.15, 0.2) is 95.3 Å². The van der Waals surface area contributed by atoms with E-state index in [-0.39, 0.29) is 18.1 Å². The molecule has 0 aliphatic carbocycles. The van der Waals surface area contributed by atoms with Crippen LogP contribution in [0.25, 0.3) is 22.3 Å². The third kappa shape index (κ3) is 6.64. The molecule has 0 saturated carbocycles. The zero-order valence-electron chi connectivity index (χ0n) is 26.1. The van der Waals surface area contributed by atoms with Gasteiger partial charge in [-0.25, -0.2) is 4.98 Å². The summed E-state index contributed by atoms with van der Waals surface area (Å²) < 4.78 is 19.0. The molecule has 1 heterocycles. The van der Waals surface area contributed by atoms with Crippen LogP contribution in [0.3, 0.4) is 0 Å².